The quantitative estimate of drug-likeness (QED) is 0.367. The van der Waals surface area contributed by atoms with Gasteiger partial charge in [0.15, 0.2) is 5.78 Å². The van der Waals surface area contributed by atoms with Crippen LogP contribution in [-0.4, -0.2) is 19.9 Å². The largest absolute Gasteiger partial charge is 0.416 e. The number of halogens is 4. The van der Waals surface area contributed by atoms with Crippen LogP contribution in [-0.2, 0) is 6.18 Å². The summed E-state index contributed by atoms with van der Waals surface area (Å²) >= 11 is 5.85. The zero-order valence-electron chi connectivity index (χ0n) is 14.2. The zero-order chi connectivity index (χ0) is 19.3. The van der Waals surface area contributed by atoms with Crippen molar-refractivity contribution < 1.29 is 18.0 Å². The number of carbonyl (C=O) groups is 1. The highest BCUT2D eigenvalue weighted by Gasteiger charge is 2.31. The summed E-state index contributed by atoms with van der Waals surface area (Å²) < 4.78 is 38.2. The molecule has 0 aliphatic rings. The van der Waals surface area contributed by atoms with E-state index >= 15 is 0 Å². The number of nitrogens with zero attached hydrogens (tertiary/aromatic N) is 1. The maximum absolute atomic E-state index is 12.7. The smallest absolute Gasteiger partial charge is 0.378 e. The number of anilines is 1. The van der Waals surface area contributed by atoms with E-state index in [-0.39, 0.29) is 10.6 Å². The zero-order valence-corrected chi connectivity index (χ0v) is 15.0. The van der Waals surface area contributed by atoms with Crippen molar-refractivity contribution in [2.24, 2.45) is 0 Å². The fourth-order valence-electron chi connectivity index (χ4n) is 2.17. The maximum atomic E-state index is 12.7. The highest BCUT2D eigenvalue weighted by molar-refractivity contribution is 6.34. The molecule has 0 amide bonds. The van der Waals surface area contributed by atoms with Gasteiger partial charge in [0.05, 0.1) is 10.6 Å². The summed E-state index contributed by atoms with van der Waals surface area (Å²) in [4.78, 5) is 14.1. The third kappa shape index (κ3) is 5.23. The topological polar surface area (TPSA) is 20.3 Å². The van der Waals surface area contributed by atoms with Gasteiger partial charge in [0.25, 0.3) is 0 Å². The fraction of sp³-hybridized carbons (Fsp3) is 0.150. The van der Waals surface area contributed by atoms with E-state index in [9.17, 15) is 18.0 Å². The molecule has 136 valence electrons. The molecular formula is C20H17ClF3NO. The molecule has 0 unspecified atom stereocenters. The van der Waals surface area contributed by atoms with Gasteiger partial charge < -0.3 is 4.90 Å². The van der Waals surface area contributed by atoms with Gasteiger partial charge in [-0.2, -0.15) is 13.2 Å². The van der Waals surface area contributed by atoms with Gasteiger partial charge >= 0.3 is 6.18 Å². The summed E-state index contributed by atoms with van der Waals surface area (Å²) in [6, 6.07) is 10.4. The second-order valence-corrected chi connectivity index (χ2v) is 6.17. The van der Waals surface area contributed by atoms with E-state index in [0.717, 1.165) is 29.4 Å². The molecule has 0 saturated carbocycles. The molecule has 0 atom stereocenters. The number of alkyl halides is 3. The lowest BCUT2D eigenvalue weighted by Crippen LogP contribution is -2.07. The maximum Gasteiger partial charge on any atom is 0.416 e. The van der Waals surface area contributed by atoms with Crippen LogP contribution in [0.3, 0.4) is 0 Å². The molecular weight excluding hydrogens is 363 g/mol. The van der Waals surface area contributed by atoms with Crippen LogP contribution in [0.5, 0.6) is 0 Å². The Labute approximate surface area is 155 Å². The fourth-order valence-corrected chi connectivity index (χ4v) is 2.38. The number of ketones is 1. The Balaban J connectivity index is 2.09. The van der Waals surface area contributed by atoms with Gasteiger partial charge in [0.2, 0.25) is 0 Å². The van der Waals surface area contributed by atoms with Crippen LogP contribution in [0.2, 0.25) is 5.02 Å². The van der Waals surface area contributed by atoms with Crippen LogP contribution in [0.4, 0.5) is 18.9 Å². The first kappa shape index (κ1) is 19.8. The molecule has 0 N–H and O–H groups in total. The molecule has 0 spiro atoms. The predicted molar refractivity (Wildman–Crippen MR) is 99.7 cm³/mol. The number of allylic oxidation sites excluding steroid dienone is 3. The second kappa shape index (κ2) is 8.23. The van der Waals surface area contributed by atoms with Gasteiger partial charge in [-0.05, 0) is 42.0 Å². The number of hydrogen-bond donors (Lipinski definition) is 0. The van der Waals surface area contributed by atoms with E-state index in [0.29, 0.717) is 0 Å². The summed E-state index contributed by atoms with van der Waals surface area (Å²) in [5.41, 5.74) is 0.911. The second-order valence-electron chi connectivity index (χ2n) is 5.76. The number of rotatable bonds is 5. The van der Waals surface area contributed by atoms with Crippen LogP contribution in [0.15, 0.2) is 60.7 Å². The summed E-state index contributed by atoms with van der Waals surface area (Å²) in [5.74, 6) is -0.589. The van der Waals surface area contributed by atoms with Crippen molar-refractivity contribution in [2.45, 2.75) is 6.18 Å². The van der Waals surface area contributed by atoms with Crippen molar-refractivity contribution in [2.75, 3.05) is 19.0 Å². The Bertz CT molecular complexity index is 837. The van der Waals surface area contributed by atoms with Crippen molar-refractivity contribution in [1.82, 2.24) is 0 Å². The Kier molecular flexibility index (Phi) is 6.27. The predicted octanol–water partition coefficient (Wildman–Crippen LogP) is 5.88. The van der Waals surface area contributed by atoms with Gasteiger partial charge in [-0.15, -0.1) is 0 Å². The number of benzene rings is 2. The molecule has 2 aromatic carbocycles. The molecule has 2 aromatic rings. The highest BCUT2D eigenvalue weighted by atomic mass is 35.5. The van der Waals surface area contributed by atoms with Gasteiger partial charge in [0, 0.05) is 25.3 Å². The van der Waals surface area contributed by atoms with Crippen LogP contribution in [0.1, 0.15) is 21.5 Å². The summed E-state index contributed by atoms with van der Waals surface area (Å²) in [6.45, 7) is 0. The lowest BCUT2D eigenvalue weighted by molar-refractivity contribution is -0.137. The monoisotopic (exact) mass is 379 g/mol. The van der Waals surface area contributed by atoms with Gasteiger partial charge in [-0.3, -0.25) is 4.79 Å². The summed E-state index contributed by atoms with van der Waals surface area (Å²) in [5, 5.41) is -0.0177. The Morgan fingerprint density at radius 2 is 1.69 bits per heavy atom. The van der Waals surface area contributed by atoms with E-state index in [1.54, 1.807) is 12.2 Å². The third-order valence-electron chi connectivity index (χ3n) is 3.62. The molecule has 0 aliphatic heterocycles. The Morgan fingerprint density at radius 1 is 1.04 bits per heavy atom. The van der Waals surface area contributed by atoms with Crippen LogP contribution < -0.4 is 4.90 Å². The first-order valence-electron chi connectivity index (χ1n) is 7.71. The first-order chi connectivity index (χ1) is 12.2. The molecule has 6 heteroatoms. The van der Waals surface area contributed by atoms with E-state index in [2.05, 4.69) is 0 Å². The normalized spacial score (nSPS) is 12.1. The molecule has 0 fully saturated rings. The Morgan fingerprint density at radius 3 is 2.27 bits per heavy atom. The number of carbonyl (C=O) groups excluding carboxylic acids is 1. The van der Waals surface area contributed by atoms with Gasteiger partial charge in [0.1, 0.15) is 0 Å². The molecule has 0 aromatic heterocycles. The average molecular weight is 380 g/mol. The molecule has 0 heterocycles. The van der Waals surface area contributed by atoms with Crippen molar-refractivity contribution in [1.29, 1.82) is 0 Å². The Hall–Kier alpha value is -2.53. The molecule has 26 heavy (non-hydrogen) atoms. The standard InChI is InChI=1S/C20H17ClF3NO/c1-25(2)16-10-7-14(8-11-16)5-3-4-6-19(26)17-13-15(20(22,23)24)9-12-18(17)21/h3-13H,1-2H3/b5-3+,6-4+. The van der Waals surface area contributed by atoms with Crippen molar-refractivity contribution in [3.63, 3.8) is 0 Å². The van der Waals surface area contributed by atoms with Gasteiger partial charge in [-0.1, -0.05) is 42.0 Å². The van der Waals surface area contributed by atoms with E-state index in [1.165, 1.54) is 12.2 Å². The van der Waals surface area contributed by atoms with E-state index < -0.39 is 17.5 Å². The minimum absolute atomic E-state index is 0.0177. The summed E-state index contributed by atoms with van der Waals surface area (Å²) in [7, 11) is 3.89. The molecule has 0 bridgehead atoms. The van der Waals surface area contributed by atoms with Gasteiger partial charge in [-0.25, -0.2) is 0 Å². The van der Waals surface area contributed by atoms with E-state index in [4.69, 9.17) is 11.6 Å². The average Bonchev–Trinajstić information content (AvgIpc) is 2.58. The number of hydrogen-bond acceptors (Lipinski definition) is 2. The molecule has 0 aliphatic carbocycles. The van der Waals surface area contributed by atoms with Crippen molar-refractivity contribution in [3.8, 4) is 0 Å². The SMILES string of the molecule is CN(C)c1ccc(/C=C/C=C/C(=O)c2cc(C(F)(F)F)ccc2Cl)cc1. The molecule has 0 radical (unpaired) electrons. The van der Waals surface area contributed by atoms with Crippen LogP contribution in [0, 0.1) is 0 Å². The lowest BCUT2D eigenvalue weighted by Gasteiger charge is -2.11. The molecule has 0 saturated heterocycles. The molecule has 2 nitrogen and oxygen atoms in total. The van der Waals surface area contributed by atoms with Crippen molar-refractivity contribution in [3.05, 3.63) is 82.4 Å². The minimum Gasteiger partial charge on any atom is -0.378 e. The summed E-state index contributed by atoms with van der Waals surface area (Å²) in [6.07, 6.45) is 1.56. The third-order valence-corrected chi connectivity index (χ3v) is 3.95. The minimum atomic E-state index is -4.53. The molecule has 2 rings (SSSR count). The van der Waals surface area contributed by atoms with Crippen LogP contribution in [0.25, 0.3) is 6.08 Å². The highest BCUT2D eigenvalue weighted by Crippen LogP contribution is 2.32. The van der Waals surface area contributed by atoms with Crippen LogP contribution >= 0.6 is 11.6 Å². The van der Waals surface area contributed by atoms with E-state index in [1.807, 2.05) is 43.3 Å². The first-order valence-corrected chi connectivity index (χ1v) is 8.09. The lowest BCUT2D eigenvalue weighted by atomic mass is 10.1. The van der Waals surface area contributed by atoms with Crippen molar-refractivity contribution >= 4 is 29.1 Å².